The van der Waals surface area contributed by atoms with E-state index in [-0.39, 0.29) is 0 Å². The Balaban J connectivity index is 3.99. The maximum Gasteiger partial charge on any atom is 0.462 e. The van der Waals surface area contributed by atoms with Gasteiger partial charge in [-0.1, -0.05) is 0 Å². The SMILES string of the molecule is CCOC(=O)c1cc(OC(F)(F)C(F)OC(F)(F)C(F)(OC(F)(F)C(F)(F)C(F)(F)F)C(F)(F)F)c(C(=O)OCC)cc1OC(F)(F)C(F)OC(F)(F)C(F)(OC(F)(F)C(F)(F)C(F)(F)F)C(F)(F)F. The van der Waals surface area contributed by atoms with Crippen molar-refractivity contribution in [2.75, 3.05) is 13.2 Å². The first-order chi connectivity index (χ1) is 30.5. The maximum atomic E-state index is 14.8. The molecule has 70 heavy (non-hydrogen) atoms. The molecule has 1 rings (SSSR count). The van der Waals surface area contributed by atoms with Crippen LogP contribution in [-0.4, -0.2) is 123 Å². The average Bonchev–Trinajstić information content (AvgIpc) is 3.12. The summed E-state index contributed by atoms with van der Waals surface area (Å²) in [5, 5.41) is 0. The van der Waals surface area contributed by atoms with E-state index < -0.39 is 158 Å². The summed E-state index contributed by atoms with van der Waals surface area (Å²) >= 11 is 0. The van der Waals surface area contributed by atoms with Gasteiger partial charge < -0.3 is 18.9 Å². The fraction of sp³-hybridized carbons (Fsp3) is 0.714. The van der Waals surface area contributed by atoms with Crippen molar-refractivity contribution in [3.8, 4) is 11.5 Å². The largest absolute Gasteiger partial charge is 0.462 e. The van der Waals surface area contributed by atoms with Crippen LogP contribution >= 0.6 is 0 Å². The molecule has 4 unspecified atom stereocenters. The summed E-state index contributed by atoms with van der Waals surface area (Å²) in [5.74, 6) is -43.1. The van der Waals surface area contributed by atoms with Gasteiger partial charge >= 0.3 is 110 Å². The van der Waals surface area contributed by atoms with Gasteiger partial charge in [0.2, 0.25) is 0 Å². The predicted octanol–water partition coefficient (Wildman–Crippen LogP) is 11.9. The summed E-state index contributed by atoms with van der Waals surface area (Å²) in [5.41, 5.74) is -4.70. The highest BCUT2D eigenvalue weighted by Gasteiger charge is 2.86. The number of alkyl halides is 32. The molecule has 0 amide bonds. The lowest BCUT2D eigenvalue weighted by Gasteiger charge is -2.38. The van der Waals surface area contributed by atoms with Gasteiger partial charge in [0.25, 0.3) is 0 Å². The molecule has 410 valence electrons. The molecule has 0 aliphatic heterocycles. The zero-order chi connectivity index (χ0) is 56.1. The summed E-state index contributed by atoms with van der Waals surface area (Å²) in [6, 6.07) is -1.83. The Labute approximate surface area is 360 Å². The molecule has 0 aliphatic rings. The number of halogens is 32. The Morgan fingerprint density at radius 3 is 0.857 bits per heavy atom. The van der Waals surface area contributed by atoms with E-state index in [0.29, 0.717) is 13.8 Å². The van der Waals surface area contributed by atoms with Gasteiger partial charge in [0, 0.05) is 0 Å². The van der Waals surface area contributed by atoms with Crippen molar-refractivity contribution in [3.63, 3.8) is 0 Å². The molecule has 0 aromatic heterocycles. The predicted molar refractivity (Wildman–Crippen MR) is 145 cm³/mol. The number of carbonyl (C=O) groups is 2. The van der Waals surface area contributed by atoms with Gasteiger partial charge in [-0.2, -0.15) is 132 Å². The molecule has 0 N–H and O–H groups in total. The van der Waals surface area contributed by atoms with E-state index in [2.05, 4.69) is 18.9 Å². The fourth-order valence-corrected chi connectivity index (χ4v) is 3.78. The van der Waals surface area contributed by atoms with E-state index in [1.807, 2.05) is 9.47 Å². The summed E-state index contributed by atoms with van der Waals surface area (Å²) in [4.78, 5) is 24.9. The zero-order valence-electron chi connectivity index (χ0n) is 31.9. The van der Waals surface area contributed by atoms with Crippen LogP contribution < -0.4 is 9.47 Å². The molecule has 1 aromatic rings. The van der Waals surface area contributed by atoms with Crippen LogP contribution in [0.5, 0.6) is 11.5 Å². The van der Waals surface area contributed by atoms with Gasteiger partial charge in [0.05, 0.1) is 13.2 Å². The van der Waals surface area contributed by atoms with Crippen molar-refractivity contribution in [3.05, 3.63) is 23.3 Å². The molecule has 1 aromatic carbocycles. The lowest BCUT2D eigenvalue weighted by Crippen LogP contribution is -2.66. The van der Waals surface area contributed by atoms with E-state index in [4.69, 9.17) is 0 Å². The van der Waals surface area contributed by atoms with Gasteiger partial charge in [0.15, 0.2) is 0 Å². The Morgan fingerprint density at radius 2 is 0.657 bits per heavy atom. The second-order valence-corrected chi connectivity index (χ2v) is 12.1. The van der Waals surface area contributed by atoms with Crippen LogP contribution in [0.15, 0.2) is 12.1 Å². The zero-order valence-corrected chi connectivity index (χ0v) is 31.9. The fourth-order valence-electron chi connectivity index (χ4n) is 3.78. The number of benzene rings is 1. The standard InChI is InChI=1S/C28H14F32O10/c1-3-63-11(61)7-5-10(66-16(33,34)14(30)68-28(59,60)20(40,24(50,51)52)70-26(55,56)18(37,38)22(44,45)46)8(12(62)64-4-2)6-9(7)65-15(31,32)13(29)67-27(57,58)19(39,23(47,48)49)69-25(53,54)17(35,36)21(41,42)43/h5-6,13-14H,3-4H2,1-2H3. The topological polar surface area (TPSA) is 108 Å². The Kier molecular flexibility index (Phi) is 17.6. The first-order valence-electron chi connectivity index (χ1n) is 16.2. The Hall–Kier alpha value is -4.64. The monoisotopic (exact) mass is 1120 g/mol. The molecule has 10 nitrogen and oxygen atoms in total. The van der Waals surface area contributed by atoms with E-state index in [1.165, 1.54) is 9.47 Å². The van der Waals surface area contributed by atoms with Crippen LogP contribution in [0.25, 0.3) is 0 Å². The lowest BCUT2D eigenvalue weighted by molar-refractivity contribution is -0.543. The average molecular weight is 1120 g/mol. The van der Waals surface area contributed by atoms with Crippen LogP contribution in [0.3, 0.4) is 0 Å². The van der Waals surface area contributed by atoms with Crippen LogP contribution in [0.2, 0.25) is 0 Å². The van der Waals surface area contributed by atoms with E-state index in [0.717, 1.165) is 0 Å². The second-order valence-electron chi connectivity index (χ2n) is 12.1. The molecular formula is C28H14F32O10. The minimum Gasteiger partial charge on any atom is -0.462 e. The van der Waals surface area contributed by atoms with Crippen molar-refractivity contribution in [2.24, 2.45) is 0 Å². The van der Waals surface area contributed by atoms with Gasteiger partial charge in [-0.3, -0.25) is 18.9 Å². The number of ether oxygens (including phenoxy) is 8. The lowest BCUT2D eigenvalue weighted by atomic mass is 10.1. The van der Waals surface area contributed by atoms with E-state index >= 15 is 0 Å². The third kappa shape index (κ3) is 12.3. The van der Waals surface area contributed by atoms with Crippen molar-refractivity contribution in [1.29, 1.82) is 0 Å². The molecule has 0 fully saturated rings. The van der Waals surface area contributed by atoms with Crippen LogP contribution in [-0.2, 0) is 28.4 Å². The molecule has 42 heteroatoms. The molecule has 0 saturated carbocycles. The van der Waals surface area contributed by atoms with Gasteiger partial charge in [-0.25, -0.2) is 18.4 Å². The molecule has 0 radical (unpaired) electrons. The summed E-state index contributed by atoms with van der Waals surface area (Å²) in [6.45, 7) is -0.989. The molecule has 0 bridgehead atoms. The van der Waals surface area contributed by atoms with Crippen LogP contribution in [0.1, 0.15) is 34.6 Å². The first-order valence-corrected chi connectivity index (χ1v) is 16.2. The van der Waals surface area contributed by atoms with Crippen LogP contribution in [0, 0.1) is 0 Å². The molecule has 0 heterocycles. The first kappa shape index (κ1) is 63.4. The molecule has 4 atom stereocenters. The third-order valence-electron chi connectivity index (χ3n) is 7.05. The smallest absolute Gasteiger partial charge is 0.462 e. The Bertz CT molecular complexity index is 1860. The van der Waals surface area contributed by atoms with Crippen molar-refractivity contribution < 1.29 is 188 Å². The van der Waals surface area contributed by atoms with Gasteiger partial charge in [0.1, 0.15) is 22.6 Å². The molecule has 0 spiro atoms. The number of hydrogen-bond acceptors (Lipinski definition) is 10. The molecular weight excluding hydrogens is 1100 g/mol. The van der Waals surface area contributed by atoms with Crippen molar-refractivity contribution in [2.45, 2.75) is 111 Å². The minimum atomic E-state index is -8.28. The quantitative estimate of drug-likeness (QED) is 0.0823. The summed E-state index contributed by atoms with van der Waals surface area (Å²) < 4.78 is 455. The van der Waals surface area contributed by atoms with Gasteiger partial charge in [-0.15, -0.1) is 0 Å². The summed E-state index contributed by atoms with van der Waals surface area (Å²) in [7, 11) is 0. The second kappa shape index (κ2) is 19.4. The highest BCUT2D eigenvalue weighted by molar-refractivity contribution is 5.98. The number of hydrogen-bond donors (Lipinski definition) is 0. The maximum absolute atomic E-state index is 14.8. The normalized spacial score (nSPS) is 17.3. The minimum absolute atomic E-state index is 0.667. The third-order valence-corrected chi connectivity index (χ3v) is 7.05. The molecule has 0 saturated heterocycles. The number of rotatable bonds is 22. The summed E-state index contributed by atoms with van der Waals surface area (Å²) in [6.07, 6.45) is -90.3. The Morgan fingerprint density at radius 1 is 0.414 bits per heavy atom. The number of carbonyl (C=O) groups excluding carboxylic acids is 2. The van der Waals surface area contributed by atoms with Crippen LogP contribution in [0.4, 0.5) is 140 Å². The van der Waals surface area contributed by atoms with Crippen molar-refractivity contribution in [1.82, 2.24) is 0 Å². The number of esters is 2. The molecule has 0 aliphatic carbocycles. The van der Waals surface area contributed by atoms with Crippen molar-refractivity contribution >= 4 is 11.9 Å². The van der Waals surface area contributed by atoms with E-state index in [1.54, 1.807) is 0 Å². The highest BCUT2D eigenvalue weighted by atomic mass is 19.4. The van der Waals surface area contributed by atoms with Gasteiger partial charge in [-0.05, 0) is 26.0 Å². The highest BCUT2D eigenvalue weighted by Crippen LogP contribution is 2.58. The van der Waals surface area contributed by atoms with E-state index in [9.17, 15) is 150 Å².